The Morgan fingerprint density at radius 3 is 2.55 bits per heavy atom. The summed E-state index contributed by atoms with van der Waals surface area (Å²) in [6.07, 6.45) is 3.36. The Labute approximate surface area is 195 Å². The first-order valence-corrected chi connectivity index (χ1v) is 11.6. The van der Waals surface area contributed by atoms with Gasteiger partial charge in [-0.25, -0.2) is 4.68 Å². The number of aromatic nitrogens is 2. The van der Waals surface area contributed by atoms with Gasteiger partial charge in [0.05, 0.1) is 11.4 Å². The molecule has 168 valence electrons. The number of nitrogens with zero attached hydrogens (tertiary/aromatic N) is 3. The van der Waals surface area contributed by atoms with Gasteiger partial charge in [-0.1, -0.05) is 42.5 Å². The van der Waals surface area contributed by atoms with Gasteiger partial charge < -0.3 is 15.0 Å². The Morgan fingerprint density at radius 1 is 0.939 bits per heavy atom. The molecule has 0 unspecified atom stereocenters. The predicted molar refractivity (Wildman–Crippen MR) is 136 cm³/mol. The maximum Gasteiger partial charge on any atom is 0.133 e. The van der Waals surface area contributed by atoms with Crippen LogP contribution >= 0.6 is 0 Å². The first-order chi connectivity index (χ1) is 16.2. The van der Waals surface area contributed by atoms with E-state index in [1.165, 1.54) is 17.7 Å². The lowest BCUT2D eigenvalue weighted by Crippen LogP contribution is -2.08. The Bertz CT molecular complexity index is 1210. The molecule has 5 heteroatoms. The van der Waals surface area contributed by atoms with Gasteiger partial charge >= 0.3 is 0 Å². The minimum Gasteiger partial charge on any atom is -0.489 e. The Kier molecular flexibility index (Phi) is 6.03. The zero-order valence-corrected chi connectivity index (χ0v) is 19.3. The molecule has 1 aliphatic heterocycles. The second-order valence-electron chi connectivity index (χ2n) is 8.68. The van der Waals surface area contributed by atoms with Crippen molar-refractivity contribution in [2.75, 3.05) is 30.9 Å². The summed E-state index contributed by atoms with van der Waals surface area (Å²) in [5.74, 6) is 1.96. The second kappa shape index (κ2) is 9.41. The van der Waals surface area contributed by atoms with Crippen LogP contribution in [0.1, 0.15) is 24.0 Å². The molecule has 1 aromatic heterocycles. The van der Waals surface area contributed by atoms with Crippen molar-refractivity contribution in [3.63, 3.8) is 0 Å². The molecule has 0 saturated heterocycles. The molecule has 0 spiro atoms. The molecular weight excluding hydrogens is 408 g/mol. The van der Waals surface area contributed by atoms with Crippen molar-refractivity contribution in [2.45, 2.75) is 25.9 Å². The number of anilines is 2. The number of ether oxygens (including phenoxy) is 1. The zero-order valence-electron chi connectivity index (χ0n) is 19.3. The lowest BCUT2D eigenvalue weighted by molar-refractivity contribution is 0.306. The highest BCUT2D eigenvalue weighted by molar-refractivity contribution is 5.74. The summed E-state index contributed by atoms with van der Waals surface area (Å²) in [5.41, 5.74) is 6.89. The average molecular weight is 439 g/mol. The van der Waals surface area contributed by atoms with E-state index in [2.05, 4.69) is 77.5 Å². The van der Waals surface area contributed by atoms with Gasteiger partial charge in [0.15, 0.2) is 0 Å². The smallest absolute Gasteiger partial charge is 0.133 e. The van der Waals surface area contributed by atoms with Gasteiger partial charge in [-0.2, -0.15) is 5.10 Å². The van der Waals surface area contributed by atoms with Gasteiger partial charge in [-0.05, 0) is 61.2 Å². The molecule has 5 rings (SSSR count). The van der Waals surface area contributed by atoms with Gasteiger partial charge in [0.1, 0.15) is 18.2 Å². The van der Waals surface area contributed by atoms with E-state index < -0.39 is 0 Å². The highest BCUT2D eigenvalue weighted by Crippen LogP contribution is 2.35. The molecular formula is C28H30N4O. The van der Waals surface area contributed by atoms with Crippen LogP contribution in [-0.4, -0.2) is 30.4 Å². The van der Waals surface area contributed by atoms with E-state index in [0.717, 1.165) is 53.5 Å². The Hall–Kier alpha value is -3.73. The molecule has 1 aliphatic rings. The summed E-state index contributed by atoms with van der Waals surface area (Å²) in [6.45, 7) is 1.53. The monoisotopic (exact) mass is 438 g/mol. The van der Waals surface area contributed by atoms with E-state index in [0.29, 0.717) is 6.61 Å². The standard InChI is InChI=1S/C28H30N4O/c1-31(2)24-12-8-11-22(19-24)27-26-13-6-7-18-29-28(26)32(30-27)23-14-16-25(17-15-23)33-20-21-9-4-3-5-10-21/h3-5,8-12,14-17,19,29H,6-7,13,18,20H2,1-2H3. The molecule has 0 fully saturated rings. The number of rotatable bonds is 6. The van der Waals surface area contributed by atoms with Crippen molar-refractivity contribution in [1.29, 1.82) is 0 Å². The van der Waals surface area contributed by atoms with Crippen molar-refractivity contribution in [3.8, 4) is 22.7 Å². The number of nitrogens with one attached hydrogen (secondary N) is 1. The summed E-state index contributed by atoms with van der Waals surface area (Å²) < 4.78 is 8.03. The van der Waals surface area contributed by atoms with E-state index in [9.17, 15) is 0 Å². The summed E-state index contributed by atoms with van der Waals surface area (Å²) in [5, 5.41) is 8.73. The van der Waals surface area contributed by atoms with E-state index in [-0.39, 0.29) is 0 Å². The van der Waals surface area contributed by atoms with E-state index in [1.807, 2.05) is 30.3 Å². The summed E-state index contributed by atoms with van der Waals surface area (Å²) in [6, 6.07) is 27.1. The molecule has 1 N–H and O–H groups in total. The van der Waals surface area contributed by atoms with Gasteiger partial charge in [-0.15, -0.1) is 0 Å². The largest absolute Gasteiger partial charge is 0.489 e. The molecule has 0 saturated carbocycles. The van der Waals surface area contributed by atoms with Crippen molar-refractivity contribution in [2.24, 2.45) is 0 Å². The fourth-order valence-electron chi connectivity index (χ4n) is 4.28. The van der Waals surface area contributed by atoms with Gasteiger partial charge in [-0.3, -0.25) is 0 Å². The third-order valence-corrected chi connectivity index (χ3v) is 6.10. The SMILES string of the molecule is CN(C)c1cccc(-c2nn(-c3ccc(OCc4ccccc4)cc3)c3c2CCCCN3)c1. The fraction of sp³-hybridized carbons (Fsp3) is 0.250. The minimum absolute atomic E-state index is 0.561. The molecule has 3 aromatic carbocycles. The van der Waals surface area contributed by atoms with Crippen molar-refractivity contribution in [3.05, 3.63) is 90.0 Å². The summed E-state index contributed by atoms with van der Waals surface area (Å²) in [4.78, 5) is 2.13. The molecule has 0 aliphatic carbocycles. The van der Waals surface area contributed by atoms with Crippen molar-refractivity contribution in [1.82, 2.24) is 9.78 Å². The lowest BCUT2D eigenvalue weighted by Gasteiger charge is -2.13. The lowest BCUT2D eigenvalue weighted by atomic mass is 10.0. The third-order valence-electron chi connectivity index (χ3n) is 6.10. The first-order valence-electron chi connectivity index (χ1n) is 11.6. The van der Waals surface area contributed by atoms with Gasteiger partial charge in [0, 0.05) is 37.5 Å². The van der Waals surface area contributed by atoms with Crippen LogP contribution in [0.5, 0.6) is 5.75 Å². The molecule has 5 nitrogen and oxygen atoms in total. The molecule has 0 bridgehead atoms. The number of hydrogen-bond donors (Lipinski definition) is 1. The van der Waals surface area contributed by atoms with Crippen LogP contribution in [0.4, 0.5) is 11.5 Å². The quantitative estimate of drug-likeness (QED) is 0.405. The topological polar surface area (TPSA) is 42.3 Å². The van der Waals surface area contributed by atoms with Crippen LogP contribution in [0, 0.1) is 0 Å². The van der Waals surface area contributed by atoms with Crippen molar-refractivity contribution >= 4 is 11.5 Å². The van der Waals surface area contributed by atoms with Crippen LogP contribution in [0.2, 0.25) is 0 Å². The van der Waals surface area contributed by atoms with E-state index in [4.69, 9.17) is 9.84 Å². The molecule has 0 amide bonds. The van der Waals surface area contributed by atoms with Crippen LogP contribution < -0.4 is 15.0 Å². The van der Waals surface area contributed by atoms with Gasteiger partial charge in [0.25, 0.3) is 0 Å². The number of benzene rings is 3. The highest BCUT2D eigenvalue weighted by atomic mass is 16.5. The Morgan fingerprint density at radius 2 is 1.76 bits per heavy atom. The molecule has 0 radical (unpaired) electrons. The normalized spacial score (nSPS) is 13.0. The second-order valence-corrected chi connectivity index (χ2v) is 8.68. The molecule has 2 heterocycles. The summed E-state index contributed by atoms with van der Waals surface area (Å²) in [7, 11) is 4.14. The first kappa shape index (κ1) is 21.1. The fourth-order valence-corrected chi connectivity index (χ4v) is 4.28. The van der Waals surface area contributed by atoms with Crippen LogP contribution in [0.15, 0.2) is 78.9 Å². The zero-order chi connectivity index (χ0) is 22.6. The average Bonchev–Trinajstić information content (AvgIpc) is 3.04. The van der Waals surface area contributed by atoms with Crippen LogP contribution in [-0.2, 0) is 13.0 Å². The van der Waals surface area contributed by atoms with E-state index in [1.54, 1.807) is 0 Å². The predicted octanol–water partition coefficient (Wildman–Crippen LogP) is 5.93. The minimum atomic E-state index is 0.561. The third kappa shape index (κ3) is 4.58. The number of hydrogen-bond acceptors (Lipinski definition) is 4. The number of fused-ring (bicyclic) bond motifs is 1. The molecule has 33 heavy (non-hydrogen) atoms. The Balaban J connectivity index is 1.46. The maximum absolute atomic E-state index is 5.98. The highest BCUT2D eigenvalue weighted by Gasteiger charge is 2.22. The molecule has 0 atom stereocenters. The van der Waals surface area contributed by atoms with Gasteiger partial charge in [0.2, 0.25) is 0 Å². The summed E-state index contributed by atoms with van der Waals surface area (Å²) >= 11 is 0. The van der Waals surface area contributed by atoms with Crippen LogP contribution in [0.25, 0.3) is 16.9 Å². The van der Waals surface area contributed by atoms with Crippen molar-refractivity contribution < 1.29 is 4.74 Å². The molecule has 4 aromatic rings. The van der Waals surface area contributed by atoms with E-state index >= 15 is 0 Å². The van der Waals surface area contributed by atoms with Crippen LogP contribution in [0.3, 0.4) is 0 Å². The maximum atomic E-state index is 5.98.